The largest absolute Gasteiger partial charge is 0.495 e. The molecule has 0 bridgehead atoms. The number of methoxy groups -OCH3 is 1. The number of halogens is 2. The molecule has 0 aromatic heterocycles. The summed E-state index contributed by atoms with van der Waals surface area (Å²) in [6.07, 6.45) is 0. The Morgan fingerprint density at radius 2 is 2.05 bits per heavy atom. The Morgan fingerprint density at radius 3 is 2.75 bits per heavy atom. The molecule has 20 heavy (non-hydrogen) atoms. The highest BCUT2D eigenvalue weighted by atomic mass is 35.5. The molecule has 0 saturated heterocycles. The van der Waals surface area contributed by atoms with Crippen LogP contribution in [0, 0.1) is 5.82 Å². The van der Waals surface area contributed by atoms with Crippen LogP contribution in [0.4, 0.5) is 4.39 Å². The molecule has 104 valence electrons. The maximum Gasteiger partial charge on any atom is 0.173 e. The summed E-state index contributed by atoms with van der Waals surface area (Å²) >= 11 is 7.07. The molecule has 0 N–H and O–H groups in total. The van der Waals surface area contributed by atoms with E-state index in [2.05, 4.69) is 0 Å². The molecule has 5 heteroatoms. The molecule has 0 aliphatic rings. The van der Waals surface area contributed by atoms with Crippen LogP contribution in [-0.2, 0) is 0 Å². The van der Waals surface area contributed by atoms with Crippen molar-refractivity contribution in [2.45, 2.75) is 4.90 Å². The zero-order chi connectivity index (χ0) is 14.5. The first-order valence-electron chi connectivity index (χ1n) is 5.86. The highest BCUT2D eigenvalue weighted by Gasteiger charge is 2.11. The summed E-state index contributed by atoms with van der Waals surface area (Å²) in [6.45, 7) is 0. The van der Waals surface area contributed by atoms with Gasteiger partial charge in [-0.3, -0.25) is 4.79 Å². The Hall–Kier alpha value is -1.52. The average Bonchev–Trinajstić information content (AvgIpc) is 2.46. The monoisotopic (exact) mass is 310 g/mol. The predicted molar refractivity (Wildman–Crippen MR) is 79.5 cm³/mol. The van der Waals surface area contributed by atoms with E-state index >= 15 is 0 Å². The third-order valence-electron chi connectivity index (χ3n) is 2.67. The SMILES string of the molecule is COc1cc(C(=O)CSc2ccccc2F)ccc1Cl. The second kappa shape index (κ2) is 6.77. The van der Waals surface area contributed by atoms with Crippen LogP contribution in [-0.4, -0.2) is 18.6 Å². The fraction of sp³-hybridized carbons (Fsp3) is 0.133. The van der Waals surface area contributed by atoms with Gasteiger partial charge >= 0.3 is 0 Å². The van der Waals surface area contributed by atoms with Crippen molar-refractivity contribution in [2.24, 2.45) is 0 Å². The zero-order valence-corrected chi connectivity index (χ0v) is 12.3. The fourth-order valence-electron chi connectivity index (χ4n) is 1.62. The molecule has 0 radical (unpaired) electrons. The van der Waals surface area contributed by atoms with Gasteiger partial charge in [0, 0.05) is 10.5 Å². The molecule has 2 aromatic carbocycles. The first-order valence-corrected chi connectivity index (χ1v) is 7.22. The van der Waals surface area contributed by atoms with Gasteiger partial charge in [-0.25, -0.2) is 4.39 Å². The fourth-order valence-corrected chi connectivity index (χ4v) is 2.65. The van der Waals surface area contributed by atoms with Gasteiger partial charge in [0.05, 0.1) is 17.9 Å². The summed E-state index contributed by atoms with van der Waals surface area (Å²) in [6, 6.07) is 11.2. The van der Waals surface area contributed by atoms with E-state index in [-0.39, 0.29) is 17.4 Å². The molecule has 2 aromatic rings. The average molecular weight is 311 g/mol. The van der Waals surface area contributed by atoms with E-state index < -0.39 is 0 Å². The minimum atomic E-state index is -0.320. The number of rotatable bonds is 5. The lowest BCUT2D eigenvalue weighted by molar-refractivity contribution is 0.102. The maximum atomic E-state index is 13.4. The van der Waals surface area contributed by atoms with Crippen molar-refractivity contribution < 1.29 is 13.9 Å². The van der Waals surface area contributed by atoms with E-state index in [0.29, 0.717) is 21.2 Å². The quantitative estimate of drug-likeness (QED) is 0.602. The third kappa shape index (κ3) is 3.52. The highest BCUT2D eigenvalue weighted by molar-refractivity contribution is 8.00. The molecule has 0 aliphatic carbocycles. The van der Waals surface area contributed by atoms with E-state index in [0.717, 1.165) is 0 Å². The number of hydrogen-bond donors (Lipinski definition) is 0. The van der Waals surface area contributed by atoms with Crippen LogP contribution >= 0.6 is 23.4 Å². The summed E-state index contributed by atoms with van der Waals surface area (Å²) in [5.74, 6) is 0.187. The van der Waals surface area contributed by atoms with E-state index in [1.54, 1.807) is 36.4 Å². The Morgan fingerprint density at radius 1 is 1.30 bits per heavy atom. The lowest BCUT2D eigenvalue weighted by atomic mass is 10.1. The van der Waals surface area contributed by atoms with Gasteiger partial charge in [0.1, 0.15) is 11.6 Å². The Bertz CT molecular complexity index is 631. The van der Waals surface area contributed by atoms with Crippen LogP contribution in [0.25, 0.3) is 0 Å². The van der Waals surface area contributed by atoms with Crippen LogP contribution in [0.2, 0.25) is 5.02 Å². The van der Waals surface area contributed by atoms with Gasteiger partial charge in [-0.2, -0.15) is 0 Å². The van der Waals surface area contributed by atoms with Crippen LogP contribution in [0.15, 0.2) is 47.4 Å². The molecule has 2 rings (SSSR count). The second-order valence-electron chi connectivity index (χ2n) is 3.99. The molecule has 0 atom stereocenters. The summed E-state index contributed by atoms with van der Waals surface area (Å²) in [5.41, 5.74) is 0.495. The topological polar surface area (TPSA) is 26.3 Å². The van der Waals surface area contributed by atoms with Crippen molar-refractivity contribution in [3.8, 4) is 5.75 Å². The Kier molecular flexibility index (Phi) is 5.04. The molecule has 2 nitrogen and oxygen atoms in total. The van der Waals surface area contributed by atoms with Gasteiger partial charge in [-0.15, -0.1) is 11.8 Å². The first kappa shape index (κ1) is 14.9. The van der Waals surface area contributed by atoms with E-state index in [1.807, 2.05) is 0 Å². The smallest absolute Gasteiger partial charge is 0.173 e. The van der Waals surface area contributed by atoms with Gasteiger partial charge in [-0.05, 0) is 30.3 Å². The van der Waals surface area contributed by atoms with Crippen molar-refractivity contribution in [3.05, 3.63) is 58.9 Å². The van der Waals surface area contributed by atoms with Gasteiger partial charge in [0.25, 0.3) is 0 Å². The van der Waals surface area contributed by atoms with E-state index in [9.17, 15) is 9.18 Å². The lowest BCUT2D eigenvalue weighted by Gasteiger charge is -2.06. The van der Waals surface area contributed by atoms with Crippen LogP contribution in [0.3, 0.4) is 0 Å². The predicted octanol–water partition coefficient (Wildman–Crippen LogP) is 4.46. The number of benzene rings is 2. The Balaban J connectivity index is 2.07. The number of thioether (sulfide) groups is 1. The maximum absolute atomic E-state index is 13.4. The van der Waals surface area contributed by atoms with Gasteiger partial charge < -0.3 is 4.74 Å². The number of carbonyl (C=O) groups is 1. The lowest BCUT2D eigenvalue weighted by Crippen LogP contribution is -2.03. The summed E-state index contributed by atoms with van der Waals surface area (Å²) in [4.78, 5) is 12.5. The Labute approximate surface area is 125 Å². The van der Waals surface area contributed by atoms with Crippen molar-refractivity contribution in [1.82, 2.24) is 0 Å². The summed E-state index contributed by atoms with van der Waals surface area (Å²) in [7, 11) is 1.49. The van der Waals surface area contributed by atoms with Crippen molar-refractivity contribution in [1.29, 1.82) is 0 Å². The molecule has 0 aliphatic heterocycles. The number of ketones is 1. The summed E-state index contributed by atoms with van der Waals surface area (Å²) in [5, 5.41) is 0.450. The van der Waals surface area contributed by atoms with Crippen molar-refractivity contribution in [3.63, 3.8) is 0 Å². The van der Waals surface area contributed by atoms with E-state index in [4.69, 9.17) is 16.3 Å². The van der Waals surface area contributed by atoms with Gasteiger partial charge in [0.15, 0.2) is 5.78 Å². The zero-order valence-electron chi connectivity index (χ0n) is 10.7. The molecule has 0 heterocycles. The molecular formula is C15H12ClFO2S. The minimum Gasteiger partial charge on any atom is -0.495 e. The number of Topliss-reactive ketones (excluding diaryl/α,β-unsaturated/α-hetero) is 1. The minimum absolute atomic E-state index is 0.104. The van der Waals surface area contributed by atoms with Crippen molar-refractivity contribution >= 4 is 29.1 Å². The molecular weight excluding hydrogens is 299 g/mol. The summed E-state index contributed by atoms with van der Waals surface area (Å²) < 4.78 is 18.5. The molecule has 0 fully saturated rings. The van der Waals surface area contributed by atoms with Gasteiger partial charge in [-0.1, -0.05) is 23.7 Å². The first-order chi connectivity index (χ1) is 9.61. The number of hydrogen-bond acceptors (Lipinski definition) is 3. The molecule has 0 saturated carbocycles. The van der Waals surface area contributed by atoms with E-state index in [1.165, 1.54) is 24.9 Å². The highest BCUT2D eigenvalue weighted by Crippen LogP contribution is 2.27. The normalized spacial score (nSPS) is 10.3. The number of carbonyl (C=O) groups excluding carboxylic acids is 1. The standard InChI is InChI=1S/C15H12ClFO2S/c1-19-14-8-10(6-7-11(14)16)13(18)9-20-15-5-3-2-4-12(15)17/h2-8H,9H2,1H3. The van der Waals surface area contributed by atoms with Crippen LogP contribution < -0.4 is 4.74 Å². The molecule has 0 amide bonds. The van der Waals surface area contributed by atoms with Crippen molar-refractivity contribution in [2.75, 3.05) is 12.9 Å². The third-order valence-corrected chi connectivity index (χ3v) is 4.03. The molecule has 0 unspecified atom stereocenters. The van der Waals surface area contributed by atoms with Crippen LogP contribution in [0.1, 0.15) is 10.4 Å². The van der Waals surface area contributed by atoms with Gasteiger partial charge in [0.2, 0.25) is 0 Å². The molecule has 0 spiro atoms. The second-order valence-corrected chi connectivity index (χ2v) is 5.42. The number of ether oxygens (including phenoxy) is 1. The van der Waals surface area contributed by atoms with Crippen LogP contribution in [0.5, 0.6) is 5.75 Å².